The van der Waals surface area contributed by atoms with Crippen molar-refractivity contribution >= 4 is 33.3 Å². The molecule has 4 heterocycles. The molecule has 2 aromatic rings. The topological polar surface area (TPSA) is 49.3 Å². The van der Waals surface area contributed by atoms with Gasteiger partial charge in [-0.2, -0.15) is 0 Å². The van der Waals surface area contributed by atoms with Crippen molar-refractivity contribution in [3.8, 4) is 0 Å². The van der Waals surface area contributed by atoms with E-state index < -0.39 is 0 Å². The van der Waals surface area contributed by atoms with E-state index in [2.05, 4.69) is 31.2 Å². The Labute approximate surface area is 127 Å². The molecule has 5 nitrogen and oxygen atoms in total. The number of carbonyl (C=O) groups excluding carboxylic acids is 1. The van der Waals surface area contributed by atoms with Crippen molar-refractivity contribution < 1.29 is 4.79 Å². The number of hydrogen-bond acceptors (Lipinski definition) is 5. The number of thiophene rings is 1. The van der Waals surface area contributed by atoms with Crippen LogP contribution in [-0.2, 0) is 4.79 Å². The Morgan fingerprint density at radius 1 is 1.19 bits per heavy atom. The number of likely N-dealkylation sites (tertiary alicyclic amines) is 1. The zero-order valence-corrected chi connectivity index (χ0v) is 12.7. The third kappa shape index (κ3) is 2.27. The summed E-state index contributed by atoms with van der Waals surface area (Å²) >= 11 is 1.66. The molecule has 0 atom stereocenters. The molecule has 4 rings (SSSR count). The standard InChI is InChI=1S/C15H18N4OS/c20-13-2-1-6-19(13)11-3-7-18(8-4-11)14-12-5-9-21-15(12)17-10-16-14/h5,9-11H,1-4,6-8H2. The fourth-order valence-electron chi connectivity index (χ4n) is 3.47. The Bertz CT molecular complexity index is 662. The maximum Gasteiger partial charge on any atom is 0.222 e. The number of aromatic nitrogens is 2. The second-order valence-corrected chi connectivity index (χ2v) is 6.64. The first-order valence-corrected chi connectivity index (χ1v) is 8.43. The van der Waals surface area contributed by atoms with Gasteiger partial charge in [-0.3, -0.25) is 4.79 Å². The summed E-state index contributed by atoms with van der Waals surface area (Å²) in [6, 6.07) is 2.53. The highest BCUT2D eigenvalue weighted by Gasteiger charge is 2.31. The fraction of sp³-hybridized carbons (Fsp3) is 0.533. The first-order chi connectivity index (χ1) is 10.3. The lowest BCUT2D eigenvalue weighted by Crippen LogP contribution is -2.45. The van der Waals surface area contributed by atoms with Crippen LogP contribution in [0.1, 0.15) is 25.7 Å². The van der Waals surface area contributed by atoms with Crippen LogP contribution in [0.3, 0.4) is 0 Å². The Morgan fingerprint density at radius 2 is 2.05 bits per heavy atom. The van der Waals surface area contributed by atoms with E-state index in [1.165, 1.54) is 0 Å². The molecule has 0 radical (unpaired) electrons. The second-order valence-electron chi connectivity index (χ2n) is 5.75. The predicted molar refractivity (Wildman–Crippen MR) is 83.6 cm³/mol. The van der Waals surface area contributed by atoms with E-state index in [4.69, 9.17) is 0 Å². The SMILES string of the molecule is O=C1CCCN1C1CCN(c2ncnc3sccc23)CC1. The van der Waals surface area contributed by atoms with Gasteiger partial charge in [-0.1, -0.05) is 0 Å². The van der Waals surface area contributed by atoms with Crippen molar-refractivity contribution in [1.82, 2.24) is 14.9 Å². The number of hydrogen-bond donors (Lipinski definition) is 0. The normalized spacial score (nSPS) is 20.7. The van der Waals surface area contributed by atoms with Gasteiger partial charge in [0.15, 0.2) is 0 Å². The van der Waals surface area contributed by atoms with E-state index in [1.54, 1.807) is 17.7 Å². The predicted octanol–water partition coefficient (Wildman–Crippen LogP) is 2.28. The summed E-state index contributed by atoms with van der Waals surface area (Å²) in [6.45, 7) is 2.89. The van der Waals surface area contributed by atoms with E-state index in [0.29, 0.717) is 11.9 Å². The van der Waals surface area contributed by atoms with Crippen LogP contribution in [0.25, 0.3) is 10.2 Å². The summed E-state index contributed by atoms with van der Waals surface area (Å²) in [6.07, 6.45) is 5.51. The van der Waals surface area contributed by atoms with Gasteiger partial charge in [0.25, 0.3) is 0 Å². The van der Waals surface area contributed by atoms with E-state index in [1.807, 2.05) is 0 Å². The minimum absolute atomic E-state index is 0.343. The molecule has 2 aromatic heterocycles. The summed E-state index contributed by atoms with van der Waals surface area (Å²) in [4.78, 5) is 26.1. The van der Waals surface area contributed by atoms with Crippen LogP contribution in [0.15, 0.2) is 17.8 Å². The molecule has 2 fully saturated rings. The highest BCUT2D eigenvalue weighted by Crippen LogP contribution is 2.30. The van der Waals surface area contributed by atoms with Crippen LogP contribution >= 0.6 is 11.3 Å². The Kier molecular flexibility index (Phi) is 3.25. The van der Waals surface area contributed by atoms with Crippen molar-refractivity contribution in [2.45, 2.75) is 31.7 Å². The molecule has 0 bridgehead atoms. The Morgan fingerprint density at radius 3 is 2.81 bits per heavy atom. The lowest BCUT2D eigenvalue weighted by Gasteiger charge is -2.37. The average Bonchev–Trinajstić information content (AvgIpc) is 3.15. The molecule has 0 N–H and O–H groups in total. The number of fused-ring (bicyclic) bond motifs is 1. The summed E-state index contributed by atoms with van der Waals surface area (Å²) in [7, 11) is 0. The van der Waals surface area contributed by atoms with Gasteiger partial charge in [0, 0.05) is 32.1 Å². The van der Waals surface area contributed by atoms with Gasteiger partial charge >= 0.3 is 0 Å². The zero-order chi connectivity index (χ0) is 14.2. The van der Waals surface area contributed by atoms with Crippen molar-refractivity contribution in [3.63, 3.8) is 0 Å². The molecular weight excluding hydrogens is 284 g/mol. The van der Waals surface area contributed by atoms with Gasteiger partial charge in [0.05, 0.1) is 5.39 Å². The molecule has 0 aromatic carbocycles. The minimum Gasteiger partial charge on any atom is -0.356 e. The zero-order valence-electron chi connectivity index (χ0n) is 11.9. The maximum absolute atomic E-state index is 11.9. The first-order valence-electron chi connectivity index (χ1n) is 7.55. The molecule has 2 saturated heterocycles. The molecule has 0 unspecified atom stereocenters. The molecular formula is C15H18N4OS. The van der Waals surface area contributed by atoms with Crippen LogP contribution in [-0.4, -0.2) is 46.5 Å². The highest BCUT2D eigenvalue weighted by atomic mass is 32.1. The molecule has 0 aliphatic carbocycles. The monoisotopic (exact) mass is 302 g/mol. The van der Waals surface area contributed by atoms with E-state index in [9.17, 15) is 4.79 Å². The highest BCUT2D eigenvalue weighted by molar-refractivity contribution is 7.16. The molecule has 0 saturated carbocycles. The third-order valence-corrected chi connectivity index (χ3v) is 5.38. The number of anilines is 1. The third-order valence-electron chi connectivity index (χ3n) is 4.56. The van der Waals surface area contributed by atoms with E-state index in [0.717, 1.165) is 61.4 Å². The number of rotatable bonds is 2. The number of amides is 1. The molecule has 1 amide bonds. The maximum atomic E-state index is 11.9. The quantitative estimate of drug-likeness (QED) is 0.854. The smallest absolute Gasteiger partial charge is 0.222 e. The lowest BCUT2D eigenvalue weighted by molar-refractivity contribution is -0.130. The Balaban J connectivity index is 1.50. The summed E-state index contributed by atoms with van der Waals surface area (Å²) in [5.41, 5.74) is 0. The Hall–Kier alpha value is -1.69. The number of carbonyl (C=O) groups is 1. The van der Waals surface area contributed by atoms with Crippen LogP contribution < -0.4 is 4.90 Å². The van der Waals surface area contributed by atoms with Crippen molar-refractivity contribution in [3.05, 3.63) is 17.8 Å². The van der Waals surface area contributed by atoms with Crippen LogP contribution in [0.2, 0.25) is 0 Å². The minimum atomic E-state index is 0.343. The van der Waals surface area contributed by atoms with Gasteiger partial charge in [0.1, 0.15) is 17.0 Å². The van der Waals surface area contributed by atoms with Crippen molar-refractivity contribution in [2.75, 3.05) is 24.5 Å². The summed E-state index contributed by atoms with van der Waals surface area (Å²) in [5.74, 6) is 1.39. The molecule has 2 aliphatic heterocycles. The first kappa shape index (κ1) is 13.0. The largest absolute Gasteiger partial charge is 0.356 e. The molecule has 0 spiro atoms. The fourth-order valence-corrected chi connectivity index (χ4v) is 4.20. The van der Waals surface area contributed by atoms with E-state index >= 15 is 0 Å². The van der Waals surface area contributed by atoms with Crippen molar-refractivity contribution in [1.29, 1.82) is 0 Å². The van der Waals surface area contributed by atoms with Gasteiger partial charge in [-0.25, -0.2) is 9.97 Å². The summed E-state index contributed by atoms with van der Waals surface area (Å²) in [5, 5.41) is 3.22. The molecule has 110 valence electrons. The molecule has 2 aliphatic rings. The van der Waals surface area contributed by atoms with Gasteiger partial charge in [0.2, 0.25) is 5.91 Å². The molecule has 21 heavy (non-hydrogen) atoms. The molecule has 6 heteroatoms. The summed E-state index contributed by atoms with van der Waals surface area (Å²) < 4.78 is 0. The number of nitrogens with zero attached hydrogens (tertiary/aromatic N) is 4. The number of piperidine rings is 1. The van der Waals surface area contributed by atoms with Crippen LogP contribution in [0, 0.1) is 0 Å². The average molecular weight is 302 g/mol. The van der Waals surface area contributed by atoms with Crippen molar-refractivity contribution in [2.24, 2.45) is 0 Å². The van der Waals surface area contributed by atoms with Gasteiger partial charge < -0.3 is 9.80 Å². The van der Waals surface area contributed by atoms with E-state index in [-0.39, 0.29) is 0 Å². The van der Waals surface area contributed by atoms with Gasteiger partial charge in [-0.05, 0) is 30.7 Å². The van der Waals surface area contributed by atoms with Crippen LogP contribution in [0.4, 0.5) is 5.82 Å². The second kappa shape index (κ2) is 5.26. The lowest BCUT2D eigenvalue weighted by atomic mass is 10.0. The van der Waals surface area contributed by atoms with Crippen LogP contribution in [0.5, 0.6) is 0 Å². The van der Waals surface area contributed by atoms with Gasteiger partial charge in [-0.15, -0.1) is 11.3 Å².